The molecule has 1 N–H and O–H groups in total. The number of rotatable bonds is 7. The van der Waals surface area contributed by atoms with E-state index in [0.29, 0.717) is 25.1 Å². The third-order valence-electron chi connectivity index (χ3n) is 5.02. The molecule has 2 rings (SSSR count). The lowest BCUT2D eigenvalue weighted by Crippen LogP contribution is -2.45. The normalized spacial score (nSPS) is 17.7. The molecule has 0 saturated carbocycles. The maximum absolute atomic E-state index is 12.7. The number of nitrogens with one attached hydrogen (secondary N) is 1. The number of ether oxygens (including phenoxy) is 1. The molecule has 1 fully saturated rings. The van der Waals surface area contributed by atoms with E-state index >= 15 is 0 Å². The van der Waals surface area contributed by atoms with Crippen molar-refractivity contribution in [3.05, 3.63) is 29.8 Å². The van der Waals surface area contributed by atoms with Gasteiger partial charge in [0.25, 0.3) is 5.91 Å². The number of carbonyl (C=O) groups is 2. The Kier molecular flexibility index (Phi) is 7.38. The monoisotopic (exact) mass is 396 g/mol. The fourth-order valence-electron chi connectivity index (χ4n) is 3.05. The van der Waals surface area contributed by atoms with Crippen LogP contribution in [0.15, 0.2) is 29.2 Å². The SMILES string of the molecule is CC[C@@H](C)[C@H](NC(=O)c1ccc(S(=O)(=O)N2CCCCC2)cc1)C(=O)OC. The molecule has 0 aromatic heterocycles. The van der Waals surface area contributed by atoms with Crippen LogP contribution in [0.2, 0.25) is 0 Å². The number of hydrogen-bond acceptors (Lipinski definition) is 5. The molecule has 27 heavy (non-hydrogen) atoms. The minimum absolute atomic E-state index is 0.0832. The summed E-state index contributed by atoms with van der Waals surface area (Å²) in [5.74, 6) is -1.02. The van der Waals surface area contributed by atoms with Gasteiger partial charge in [-0.2, -0.15) is 4.31 Å². The van der Waals surface area contributed by atoms with Gasteiger partial charge in [0, 0.05) is 18.7 Å². The Bertz CT molecular complexity index is 755. The molecule has 0 bridgehead atoms. The Labute approximate surface area is 161 Å². The van der Waals surface area contributed by atoms with Crippen LogP contribution in [0.1, 0.15) is 49.9 Å². The number of piperidine rings is 1. The summed E-state index contributed by atoms with van der Waals surface area (Å²) in [5, 5.41) is 2.68. The predicted molar refractivity (Wildman–Crippen MR) is 102 cm³/mol. The molecule has 1 aliphatic rings. The molecule has 1 amide bonds. The molecule has 0 radical (unpaired) electrons. The molecule has 1 aromatic rings. The van der Waals surface area contributed by atoms with Gasteiger partial charge < -0.3 is 10.1 Å². The summed E-state index contributed by atoms with van der Waals surface area (Å²) < 4.78 is 31.6. The summed E-state index contributed by atoms with van der Waals surface area (Å²) in [4.78, 5) is 24.6. The van der Waals surface area contributed by atoms with E-state index in [9.17, 15) is 18.0 Å². The zero-order chi connectivity index (χ0) is 20.0. The van der Waals surface area contributed by atoms with E-state index in [-0.39, 0.29) is 10.8 Å². The molecule has 1 aromatic carbocycles. The summed E-state index contributed by atoms with van der Waals surface area (Å²) in [6.07, 6.45) is 3.48. The molecule has 7 nitrogen and oxygen atoms in total. The number of amides is 1. The van der Waals surface area contributed by atoms with E-state index in [1.165, 1.54) is 35.7 Å². The Hall–Kier alpha value is -1.93. The molecule has 1 aliphatic heterocycles. The third-order valence-corrected chi connectivity index (χ3v) is 6.94. The Morgan fingerprint density at radius 2 is 1.74 bits per heavy atom. The lowest BCUT2D eigenvalue weighted by Gasteiger charge is -2.26. The molecular weight excluding hydrogens is 368 g/mol. The van der Waals surface area contributed by atoms with Gasteiger partial charge in [-0.05, 0) is 43.0 Å². The number of hydrogen-bond donors (Lipinski definition) is 1. The van der Waals surface area contributed by atoms with Gasteiger partial charge in [0.1, 0.15) is 6.04 Å². The predicted octanol–water partition coefficient (Wildman–Crippen LogP) is 2.18. The minimum atomic E-state index is -3.53. The highest BCUT2D eigenvalue weighted by atomic mass is 32.2. The lowest BCUT2D eigenvalue weighted by molar-refractivity contribution is -0.144. The van der Waals surface area contributed by atoms with Crippen LogP contribution in [-0.2, 0) is 19.6 Å². The van der Waals surface area contributed by atoms with E-state index in [1.807, 2.05) is 13.8 Å². The molecule has 1 saturated heterocycles. The van der Waals surface area contributed by atoms with Gasteiger partial charge in [-0.25, -0.2) is 13.2 Å². The van der Waals surface area contributed by atoms with E-state index in [1.54, 1.807) is 0 Å². The Balaban J connectivity index is 2.13. The molecule has 150 valence electrons. The number of nitrogens with zero attached hydrogens (tertiary/aromatic N) is 1. The van der Waals surface area contributed by atoms with Gasteiger partial charge in [-0.15, -0.1) is 0 Å². The first-order valence-corrected chi connectivity index (χ1v) is 10.7. The maximum atomic E-state index is 12.7. The van der Waals surface area contributed by atoms with Crippen LogP contribution in [0.3, 0.4) is 0 Å². The highest BCUT2D eigenvalue weighted by molar-refractivity contribution is 7.89. The van der Waals surface area contributed by atoms with E-state index in [0.717, 1.165) is 19.3 Å². The molecule has 8 heteroatoms. The van der Waals surface area contributed by atoms with Crippen LogP contribution in [0.5, 0.6) is 0 Å². The van der Waals surface area contributed by atoms with Crippen molar-refractivity contribution in [1.29, 1.82) is 0 Å². The van der Waals surface area contributed by atoms with E-state index in [2.05, 4.69) is 5.32 Å². The summed E-state index contributed by atoms with van der Waals surface area (Å²) in [6.45, 7) is 4.84. The largest absolute Gasteiger partial charge is 0.467 e. The summed E-state index contributed by atoms with van der Waals surface area (Å²) >= 11 is 0. The number of methoxy groups -OCH3 is 1. The zero-order valence-electron chi connectivity index (χ0n) is 16.1. The summed E-state index contributed by atoms with van der Waals surface area (Å²) in [6, 6.07) is 5.07. The second-order valence-electron chi connectivity index (χ2n) is 6.85. The fraction of sp³-hybridized carbons (Fsp3) is 0.579. The molecule has 1 heterocycles. The first kappa shape index (κ1) is 21.4. The molecular formula is C19H28N2O5S. The van der Waals surface area contributed by atoms with Crippen molar-refractivity contribution >= 4 is 21.9 Å². The standard InChI is InChI=1S/C19H28N2O5S/c1-4-14(2)17(19(23)26-3)20-18(22)15-8-10-16(11-9-15)27(24,25)21-12-6-5-7-13-21/h8-11,14,17H,4-7,12-13H2,1-3H3,(H,20,22)/t14-,17+/m1/s1. The Morgan fingerprint density at radius 1 is 1.15 bits per heavy atom. The minimum Gasteiger partial charge on any atom is -0.467 e. The van der Waals surface area contributed by atoms with Crippen molar-refractivity contribution in [1.82, 2.24) is 9.62 Å². The van der Waals surface area contributed by atoms with Gasteiger partial charge in [0.2, 0.25) is 10.0 Å². The maximum Gasteiger partial charge on any atom is 0.328 e. The molecule has 0 unspecified atom stereocenters. The average molecular weight is 397 g/mol. The number of benzene rings is 1. The zero-order valence-corrected chi connectivity index (χ0v) is 16.9. The topological polar surface area (TPSA) is 92.8 Å². The van der Waals surface area contributed by atoms with Gasteiger partial charge in [-0.3, -0.25) is 4.79 Å². The van der Waals surface area contributed by atoms with Gasteiger partial charge >= 0.3 is 5.97 Å². The van der Waals surface area contributed by atoms with Crippen molar-refractivity contribution in [2.75, 3.05) is 20.2 Å². The molecule has 2 atom stereocenters. The van der Waals surface area contributed by atoms with Crippen LogP contribution in [0.25, 0.3) is 0 Å². The van der Waals surface area contributed by atoms with Crippen LogP contribution in [0.4, 0.5) is 0 Å². The third kappa shape index (κ3) is 5.07. The number of carbonyl (C=O) groups excluding carboxylic acids is 2. The van der Waals surface area contributed by atoms with Crippen LogP contribution < -0.4 is 5.32 Å². The molecule has 0 spiro atoms. The highest BCUT2D eigenvalue weighted by Crippen LogP contribution is 2.21. The van der Waals surface area contributed by atoms with E-state index in [4.69, 9.17) is 4.74 Å². The highest BCUT2D eigenvalue weighted by Gasteiger charge is 2.28. The van der Waals surface area contributed by atoms with Gasteiger partial charge in [-0.1, -0.05) is 26.7 Å². The first-order chi connectivity index (χ1) is 12.8. The van der Waals surface area contributed by atoms with Crippen molar-refractivity contribution in [2.24, 2.45) is 5.92 Å². The van der Waals surface area contributed by atoms with Crippen LogP contribution in [0, 0.1) is 5.92 Å². The van der Waals surface area contributed by atoms with Crippen LogP contribution >= 0.6 is 0 Å². The summed E-state index contributed by atoms with van der Waals surface area (Å²) in [7, 11) is -2.25. The van der Waals surface area contributed by atoms with Crippen molar-refractivity contribution in [3.63, 3.8) is 0 Å². The fourth-order valence-corrected chi connectivity index (χ4v) is 4.57. The van der Waals surface area contributed by atoms with E-state index < -0.39 is 27.9 Å². The quantitative estimate of drug-likeness (QED) is 0.713. The number of sulfonamides is 1. The van der Waals surface area contributed by atoms with Crippen molar-refractivity contribution < 1.29 is 22.7 Å². The van der Waals surface area contributed by atoms with Crippen LogP contribution in [-0.4, -0.2) is 50.8 Å². The van der Waals surface area contributed by atoms with Gasteiger partial charge in [0.05, 0.1) is 12.0 Å². The number of esters is 1. The van der Waals surface area contributed by atoms with Crippen molar-refractivity contribution in [2.45, 2.75) is 50.5 Å². The lowest BCUT2D eigenvalue weighted by atomic mass is 9.99. The second kappa shape index (κ2) is 9.32. The summed E-state index contributed by atoms with van der Waals surface area (Å²) in [5.41, 5.74) is 0.296. The van der Waals surface area contributed by atoms with Gasteiger partial charge in [0.15, 0.2) is 0 Å². The first-order valence-electron chi connectivity index (χ1n) is 9.30. The smallest absolute Gasteiger partial charge is 0.328 e. The second-order valence-corrected chi connectivity index (χ2v) is 8.79. The van der Waals surface area contributed by atoms with Crippen molar-refractivity contribution in [3.8, 4) is 0 Å². The molecule has 0 aliphatic carbocycles. The average Bonchev–Trinajstić information content (AvgIpc) is 2.71. The Morgan fingerprint density at radius 3 is 2.26 bits per heavy atom.